The van der Waals surface area contributed by atoms with Crippen molar-refractivity contribution in [2.75, 3.05) is 6.54 Å². The number of hydrogen-bond acceptors (Lipinski definition) is 1. The molecule has 1 saturated heterocycles. The number of piperidine rings is 1. The summed E-state index contributed by atoms with van der Waals surface area (Å²) in [5.41, 5.74) is 1.57. The molecule has 0 spiro atoms. The monoisotopic (exact) mass is 286 g/mol. The molecule has 1 atom stereocenters. The van der Waals surface area contributed by atoms with Gasteiger partial charge in [-0.15, -0.1) is 0 Å². The molecular weight excluding hydrogens is 267 g/mol. The van der Waals surface area contributed by atoms with Crippen LogP contribution in [0.2, 0.25) is 0 Å². The molecule has 0 N–H and O–H groups in total. The second-order valence-electron chi connectivity index (χ2n) is 5.57. The van der Waals surface area contributed by atoms with E-state index in [1.807, 2.05) is 40.9 Å². The average Bonchev–Trinajstić information content (AvgIpc) is 2.93. The van der Waals surface area contributed by atoms with Crippen LogP contribution in [0, 0.1) is 5.82 Å². The Bertz CT molecular complexity index is 650. The average molecular weight is 286 g/mol. The minimum Gasteiger partial charge on any atom is -0.347 e. The van der Waals surface area contributed by atoms with E-state index in [2.05, 4.69) is 0 Å². The lowest BCUT2D eigenvalue weighted by atomic mass is 9.95. The van der Waals surface area contributed by atoms with Crippen molar-refractivity contribution in [3.63, 3.8) is 0 Å². The summed E-state index contributed by atoms with van der Waals surface area (Å²) in [5, 5.41) is 0. The Kier molecular flexibility index (Phi) is 3.78. The van der Waals surface area contributed by atoms with Crippen LogP contribution in [0.25, 0.3) is 0 Å². The van der Waals surface area contributed by atoms with Crippen molar-refractivity contribution in [2.45, 2.75) is 25.3 Å². The number of hydrogen-bond donors (Lipinski definition) is 0. The summed E-state index contributed by atoms with van der Waals surface area (Å²) in [6.07, 6.45) is 4.83. The fourth-order valence-corrected chi connectivity index (χ4v) is 3.07. The molecule has 1 aliphatic rings. The highest BCUT2D eigenvalue weighted by Crippen LogP contribution is 2.32. The maximum Gasteiger partial charge on any atom is 0.270 e. The molecule has 3 nitrogen and oxygen atoms in total. The van der Waals surface area contributed by atoms with Gasteiger partial charge in [-0.3, -0.25) is 4.79 Å². The van der Waals surface area contributed by atoms with Gasteiger partial charge >= 0.3 is 0 Å². The van der Waals surface area contributed by atoms with E-state index in [9.17, 15) is 9.18 Å². The van der Waals surface area contributed by atoms with E-state index in [4.69, 9.17) is 0 Å². The van der Waals surface area contributed by atoms with Gasteiger partial charge in [0, 0.05) is 19.8 Å². The molecule has 1 aliphatic heterocycles. The predicted octanol–water partition coefficient (Wildman–Crippen LogP) is 3.53. The first-order chi connectivity index (χ1) is 10.2. The van der Waals surface area contributed by atoms with Crippen LogP contribution in [0.15, 0.2) is 42.6 Å². The number of amides is 1. The standard InChI is InChI=1S/C17H19FN2O/c1-19-10-5-9-16(19)17(21)20-11-3-2-8-15(20)13-6-4-7-14(18)12-13/h4-7,9-10,12,15H,2-3,8,11H2,1H3/t15-/m1/s1. The van der Waals surface area contributed by atoms with Gasteiger partial charge in [-0.25, -0.2) is 4.39 Å². The second kappa shape index (κ2) is 5.72. The van der Waals surface area contributed by atoms with Crippen molar-refractivity contribution in [2.24, 2.45) is 7.05 Å². The van der Waals surface area contributed by atoms with Gasteiger partial charge in [0.2, 0.25) is 0 Å². The van der Waals surface area contributed by atoms with Crippen LogP contribution in [-0.2, 0) is 7.05 Å². The van der Waals surface area contributed by atoms with Gasteiger partial charge in [-0.05, 0) is 49.1 Å². The summed E-state index contributed by atoms with van der Waals surface area (Å²) in [6, 6.07) is 10.3. The highest BCUT2D eigenvalue weighted by atomic mass is 19.1. The number of carbonyl (C=O) groups excluding carboxylic acids is 1. The van der Waals surface area contributed by atoms with Crippen LogP contribution in [0.4, 0.5) is 4.39 Å². The molecule has 0 radical (unpaired) electrons. The van der Waals surface area contributed by atoms with Gasteiger partial charge in [0.05, 0.1) is 6.04 Å². The normalized spacial score (nSPS) is 18.8. The van der Waals surface area contributed by atoms with Crippen molar-refractivity contribution in [1.29, 1.82) is 0 Å². The molecule has 1 aromatic carbocycles. The largest absolute Gasteiger partial charge is 0.347 e. The fraction of sp³-hybridized carbons (Fsp3) is 0.353. The third-order valence-corrected chi connectivity index (χ3v) is 4.16. The third-order valence-electron chi connectivity index (χ3n) is 4.16. The molecule has 0 unspecified atom stereocenters. The highest BCUT2D eigenvalue weighted by molar-refractivity contribution is 5.93. The molecule has 0 bridgehead atoms. The van der Waals surface area contributed by atoms with Crippen LogP contribution in [0.1, 0.15) is 41.4 Å². The van der Waals surface area contributed by atoms with E-state index < -0.39 is 0 Å². The zero-order chi connectivity index (χ0) is 14.8. The molecule has 2 heterocycles. The zero-order valence-electron chi connectivity index (χ0n) is 12.1. The molecule has 1 fully saturated rings. The summed E-state index contributed by atoms with van der Waals surface area (Å²) in [7, 11) is 1.87. The lowest BCUT2D eigenvalue weighted by molar-refractivity contribution is 0.0601. The van der Waals surface area contributed by atoms with Gasteiger partial charge in [0.15, 0.2) is 0 Å². The molecule has 3 rings (SSSR count). The Labute approximate surface area is 124 Å². The minimum atomic E-state index is -0.246. The number of benzene rings is 1. The first-order valence-electron chi connectivity index (χ1n) is 7.34. The molecule has 21 heavy (non-hydrogen) atoms. The molecule has 2 aromatic rings. The highest BCUT2D eigenvalue weighted by Gasteiger charge is 2.29. The van der Waals surface area contributed by atoms with E-state index >= 15 is 0 Å². The zero-order valence-corrected chi connectivity index (χ0v) is 12.1. The summed E-state index contributed by atoms with van der Waals surface area (Å²) in [6.45, 7) is 0.727. The first kappa shape index (κ1) is 13.9. The summed E-state index contributed by atoms with van der Waals surface area (Å²) in [4.78, 5) is 14.6. The van der Waals surface area contributed by atoms with Gasteiger partial charge in [0.1, 0.15) is 11.5 Å². The maximum atomic E-state index is 13.5. The van der Waals surface area contributed by atoms with Crippen LogP contribution in [-0.4, -0.2) is 21.9 Å². The molecule has 0 aliphatic carbocycles. The Morgan fingerprint density at radius 2 is 2.10 bits per heavy atom. The minimum absolute atomic E-state index is 0.0245. The SMILES string of the molecule is Cn1cccc1C(=O)N1CCCC[C@@H]1c1cccc(F)c1. The lowest BCUT2D eigenvalue weighted by Crippen LogP contribution is -2.39. The second-order valence-corrected chi connectivity index (χ2v) is 5.57. The molecule has 4 heteroatoms. The van der Waals surface area contributed by atoms with Gasteiger partial charge < -0.3 is 9.47 Å². The van der Waals surface area contributed by atoms with Crippen LogP contribution < -0.4 is 0 Å². The number of aryl methyl sites for hydroxylation is 1. The Hall–Kier alpha value is -2.10. The maximum absolute atomic E-state index is 13.5. The van der Waals surface area contributed by atoms with Crippen LogP contribution in [0.3, 0.4) is 0 Å². The summed E-state index contributed by atoms with van der Waals surface area (Å²) in [5.74, 6) is -0.221. The van der Waals surface area contributed by atoms with E-state index in [-0.39, 0.29) is 17.8 Å². The number of halogens is 1. The summed E-state index contributed by atoms with van der Waals surface area (Å²) < 4.78 is 15.3. The summed E-state index contributed by atoms with van der Waals surface area (Å²) >= 11 is 0. The van der Waals surface area contributed by atoms with Crippen molar-refractivity contribution < 1.29 is 9.18 Å². The van der Waals surface area contributed by atoms with Crippen molar-refractivity contribution in [3.05, 3.63) is 59.7 Å². The fourth-order valence-electron chi connectivity index (χ4n) is 3.07. The predicted molar refractivity (Wildman–Crippen MR) is 79.4 cm³/mol. The van der Waals surface area contributed by atoms with Crippen molar-refractivity contribution in [1.82, 2.24) is 9.47 Å². The molecule has 1 amide bonds. The Morgan fingerprint density at radius 1 is 1.24 bits per heavy atom. The van der Waals surface area contributed by atoms with E-state index in [1.54, 1.807) is 12.1 Å². The molecule has 1 aromatic heterocycles. The molecule has 110 valence electrons. The van der Waals surface area contributed by atoms with Gasteiger partial charge in [-0.2, -0.15) is 0 Å². The number of aromatic nitrogens is 1. The smallest absolute Gasteiger partial charge is 0.270 e. The number of rotatable bonds is 2. The van der Waals surface area contributed by atoms with E-state index in [0.29, 0.717) is 5.69 Å². The Morgan fingerprint density at radius 3 is 2.81 bits per heavy atom. The van der Waals surface area contributed by atoms with Crippen molar-refractivity contribution in [3.8, 4) is 0 Å². The quantitative estimate of drug-likeness (QED) is 0.829. The first-order valence-corrected chi connectivity index (χ1v) is 7.34. The number of likely N-dealkylation sites (tertiary alicyclic amines) is 1. The number of carbonyl (C=O) groups is 1. The Balaban J connectivity index is 1.92. The number of nitrogens with zero attached hydrogens (tertiary/aromatic N) is 2. The molecular formula is C17H19FN2O. The van der Waals surface area contributed by atoms with Gasteiger partial charge in [0.25, 0.3) is 5.91 Å². The van der Waals surface area contributed by atoms with E-state index in [1.165, 1.54) is 6.07 Å². The van der Waals surface area contributed by atoms with Crippen LogP contribution in [0.5, 0.6) is 0 Å². The van der Waals surface area contributed by atoms with E-state index in [0.717, 1.165) is 31.4 Å². The lowest BCUT2D eigenvalue weighted by Gasteiger charge is -2.36. The molecule has 0 saturated carbocycles. The van der Waals surface area contributed by atoms with Crippen molar-refractivity contribution >= 4 is 5.91 Å². The third kappa shape index (κ3) is 2.71. The van der Waals surface area contributed by atoms with Crippen LogP contribution >= 0.6 is 0 Å². The van der Waals surface area contributed by atoms with Gasteiger partial charge in [-0.1, -0.05) is 12.1 Å². The topological polar surface area (TPSA) is 25.2 Å².